The van der Waals surface area contributed by atoms with Gasteiger partial charge in [-0.15, -0.1) is 11.3 Å². The fourth-order valence-electron chi connectivity index (χ4n) is 4.26. The van der Waals surface area contributed by atoms with Gasteiger partial charge in [-0.25, -0.2) is 9.78 Å². The van der Waals surface area contributed by atoms with Gasteiger partial charge in [0.2, 0.25) is 0 Å². The van der Waals surface area contributed by atoms with Crippen molar-refractivity contribution in [3.63, 3.8) is 0 Å². The van der Waals surface area contributed by atoms with E-state index in [-0.39, 0.29) is 6.03 Å². The van der Waals surface area contributed by atoms with Crippen LogP contribution in [0, 0.1) is 0 Å². The largest absolute Gasteiger partial charge is 0.335 e. The SMILES string of the molecule is O=C(Nc1nc2c(s1)CCCCC2)N[C@@H]1CCN2CCC[C@@H]2C1. The van der Waals surface area contributed by atoms with Gasteiger partial charge >= 0.3 is 6.03 Å². The normalized spacial score (nSPS) is 27.8. The Morgan fingerprint density at radius 2 is 2.04 bits per heavy atom. The molecule has 2 N–H and O–H groups in total. The molecule has 126 valence electrons. The molecule has 1 aromatic rings. The number of hydrogen-bond acceptors (Lipinski definition) is 4. The number of thiazole rings is 1. The van der Waals surface area contributed by atoms with E-state index >= 15 is 0 Å². The zero-order chi connectivity index (χ0) is 15.6. The van der Waals surface area contributed by atoms with Gasteiger partial charge in [0.1, 0.15) is 0 Å². The van der Waals surface area contributed by atoms with E-state index in [0.717, 1.165) is 37.4 Å². The van der Waals surface area contributed by atoms with E-state index in [9.17, 15) is 4.79 Å². The van der Waals surface area contributed by atoms with Gasteiger partial charge in [-0.05, 0) is 57.9 Å². The van der Waals surface area contributed by atoms with Crippen molar-refractivity contribution in [3.8, 4) is 0 Å². The Labute approximate surface area is 141 Å². The third-order valence-corrected chi connectivity index (χ3v) is 6.54. The molecule has 0 bridgehead atoms. The van der Waals surface area contributed by atoms with Crippen LogP contribution in [-0.4, -0.2) is 41.1 Å². The highest BCUT2D eigenvalue weighted by Gasteiger charge is 2.32. The summed E-state index contributed by atoms with van der Waals surface area (Å²) in [4.78, 5) is 20.9. The van der Waals surface area contributed by atoms with Crippen molar-refractivity contribution < 1.29 is 4.79 Å². The molecule has 0 unspecified atom stereocenters. The number of nitrogens with one attached hydrogen (secondary N) is 2. The van der Waals surface area contributed by atoms with Gasteiger partial charge in [-0.2, -0.15) is 0 Å². The van der Waals surface area contributed by atoms with E-state index in [0.29, 0.717) is 12.1 Å². The summed E-state index contributed by atoms with van der Waals surface area (Å²) in [5, 5.41) is 6.90. The number of urea groups is 1. The minimum atomic E-state index is -0.0784. The minimum absolute atomic E-state index is 0.0784. The summed E-state index contributed by atoms with van der Waals surface area (Å²) >= 11 is 1.66. The third kappa shape index (κ3) is 3.53. The molecule has 1 aromatic heterocycles. The minimum Gasteiger partial charge on any atom is -0.335 e. The molecule has 3 aliphatic rings. The van der Waals surface area contributed by atoms with Crippen LogP contribution in [0.3, 0.4) is 0 Å². The Balaban J connectivity index is 1.31. The molecule has 23 heavy (non-hydrogen) atoms. The maximum atomic E-state index is 12.3. The van der Waals surface area contributed by atoms with E-state index in [1.807, 2.05) is 0 Å². The molecule has 0 radical (unpaired) electrons. The van der Waals surface area contributed by atoms with Crippen LogP contribution in [0.2, 0.25) is 0 Å². The van der Waals surface area contributed by atoms with Crippen molar-refractivity contribution in [2.45, 2.75) is 69.9 Å². The van der Waals surface area contributed by atoms with E-state index in [1.54, 1.807) is 11.3 Å². The van der Waals surface area contributed by atoms with Crippen LogP contribution in [-0.2, 0) is 12.8 Å². The molecule has 0 saturated carbocycles. The molecular weight excluding hydrogens is 308 g/mol. The second-order valence-electron chi connectivity index (χ2n) is 7.10. The maximum Gasteiger partial charge on any atom is 0.321 e. The Hall–Kier alpha value is -1.14. The maximum absolute atomic E-state index is 12.3. The third-order valence-electron chi connectivity index (χ3n) is 5.47. The molecule has 5 nitrogen and oxygen atoms in total. The summed E-state index contributed by atoms with van der Waals surface area (Å²) in [7, 11) is 0. The van der Waals surface area contributed by atoms with Crippen molar-refractivity contribution in [1.82, 2.24) is 15.2 Å². The number of aromatic nitrogens is 1. The van der Waals surface area contributed by atoms with Crippen LogP contribution in [0.4, 0.5) is 9.93 Å². The van der Waals surface area contributed by atoms with Crippen LogP contribution >= 0.6 is 11.3 Å². The highest BCUT2D eigenvalue weighted by molar-refractivity contribution is 7.15. The number of nitrogens with zero attached hydrogens (tertiary/aromatic N) is 2. The van der Waals surface area contributed by atoms with Crippen molar-refractivity contribution in [2.24, 2.45) is 0 Å². The number of hydrogen-bond donors (Lipinski definition) is 2. The molecule has 4 rings (SSSR count). The molecule has 6 heteroatoms. The van der Waals surface area contributed by atoms with E-state index in [2.05, 4.69) is 20.5 Å². The molecule has 3 heterocycles. The number of carbonyl (C=O) groups excluding carboxylic acids is 1. The average Bonchev–Trinajstić information content (AvgIpc) is 3.08. The lowest BCUT2D eigenvalue weighted by molar-refractivity contribution is 0.168. The van der Waals surface area contributed by atoms with Crippen molar-refractivity contribution >= 4 is 22.5 Å². The summed E-state index contributed by atoms with van der Waals surface area (Å²) in [6.45, 7) is 2.37. The lowest BCUT2D eigenvalue weighted by Crippen LogP contribution is -2.48. The van der Waals surface area contributed by atoms with Gasteiger partial charge in [-0.1, -0.05) is 6.42 Å². The Bertz CT molecular complexity index is 549. The van der Waals surface area contributed by atoms with Crippen molar-refractivity contribution in [1.29, 1.82) is 0 Å². The highest BCUT2D eigenvalue weighted by atomic mass is 32.1. The second kappa shape index (κ2) is 6.77. The highest BCUT2D eigenvalue weighted by Crippen LogP contribution is 2.29. The second-order valence-corrected chi connectivity index (χ2v) is 8.18. The Morgan fingerprint density at radius 1 is 1.13 bits per heavy atom. The molecule has 2 fully saturated rings. The fraction of sp³-hybridized carbons (Fsp3) is 0.765. The summed E-state index contributed by atoms with van der Waals surface area (Å²) in [5.41, 5.74) is 1.21. The number of carbonyl (C=O) groups is 1. The monoisotopic (exact) mass is 334 g/mol. The van der Waals surface area contributed by atoms with E-state index in [1.165, 1.54) is 49.2 Å². The standard InChI is InChI=1S/C17H26N4OS/c22-16(18-12-8-10-21-9-4-5-13(21)11-12)20-17-19-14-6-2-1-3-7-15(14)23-17/h12-13H,1-11H2,(H2,18,19,20,22)/t12-,13-/m1/s1. The smallest absolute Gasteiger partial charge is 0.321 e. The van der Waals surface area contributed by atoms with Gasteiger partial charge in [0, 0.05) is 23.5 Å². The summed E-state index contributed by atoms with van der Waals surface area (Å²) in [6, 6.07) is 0.919. The first-order valence-corrected chi connectivity index (χ1v) is 9.90. The number of anilines is 1. The number of rotatable bonds is 2. The van der Waals surface area contributed by atoms with Gasteiger partial charge < -0.3 is 10.2 Å². The van der Waals surface area contributed by atoms with Gasteiger partial charge in [0.25, 0.3) is 0 Å². The van der Waals surface area contributed by atoms with Crippen LogP contribution in [0.5, 0.6) is 0 Å². The first kappa shape index (κ1) is 15.4. The Morgan fingerprint density at radius 3 is 3.00 bits per heavy atom. The summed E-state index contributed by atoms with van der Waals surface area (Å²) in [5.74, 6) is 0. The van der Waals surface area contributed by atoms with E-state index < -0.39 is 0 Å². The zero-order valence-corrected chi connectivity index (χ0v) is 14.5. The summed E-state index contributed by atoms with van der Waals surface area (Å²) < 4.78 is 0. The number of piperidine rings is 1. The first-order valence-electron chi connectivity index (χ1n) is 9.08. The lowest BCUT2D eigenvalue weighted by Gasteiger charge is -2.35. The molecule has 2 amide bonds. The predicted molar refractivity (Wildman–Crippen MR) is 93.1 cm³/mol. The van der Waals surface area contributed by atoms with Crippen LogP contribution in [0.15, 0.2) is 0 Å². The molecule has 0 aromatic carbocycles. The first-order chi connectivity index (χ1) is 11.3. The summed E-state index contributed by atoms with van der Waals surface area (Å²) in [6.07, 6.45) is 10.7. The molecule has 2 aliphatic heterocycles. The molecule has 0 spiro atoms. The van der Waals surface area contributed by atoms with Gasteiger partial charge in [0.05, 0.1) is 5.69 Å². The van der Waals surface area contributed by atoms with Crippen LogP contribution in [0.1, 0.15) is 55.5 Å². The quantitative estimate of drug-likeness (QED) is 0.817. The van der Waals surface area contributed by atoms with Gasteiger partial charge in [0.15, 0.2) is 5.13 Å². The predicted octanol–water partition coefficient (Wildman–Crippen LogP) is 3.16. The molecule has 1 aliphatic carbocycles. The topological polar surface area (TPSA) is 57.3 Å². The number of aryl methyl sites for hydroxylation is 2. The fourth-order valence-corrected chi connectivity index (χ4v) is 5.30. The van der Waals surface area contributed by atoms with Crippen molar-refractivity contribution in [2.75, 3.05) is 18.4 Å². The van der Waals surface area contributed by atoms with Gasteiger partial charge in [-0.3, -0.25) is 5.32 Å². The molecule has 2 saturated heterocycles. The zero-order valence-electron chi connectivity index (χ0n) is 13.6. The van der Waals surface area contributed by atoms with E-state index in [4.69, 9.17) is 0 Å². The molecular formula is C17H26N4OS. The Kier molecular flexibility index (Phi) is 4.53. The van der Waals surface area contributed by atoms with Crippen molar-refractivity contribution in [3.05, 3.63) is 10.6 Å². The number of amides is 2. The van der Waals surface area contributed by atoms with Crippen LogP contribution in [0.25, 0.3) is 0 Å². The average molecular weight is 334 g/mol. The number of fused-ring (bicyclic) bond motifs is 2. The van der Waals surface area contributed by atoms with Crippen LogP contribution < -0.4 is 10.6 Å². The lowest BCUT2D eigenvalue weighted by atomic mass is 9.98. The molecule has 2 atom stereocenters.